The minimum atomic E-state index is -0.375. The van der Waals surface area contributed by atoms with Crippen LogP contribution in [0, 0.1) is 5.92 Å². The average molecular weight is 196 g/mol. The van der Waals surface area contributed by atoms with Crippen LogP contribution in [0.2, 0.25) is 0 Å². The molecule has 2 aliphatic rings. The van der Waals surface area contributed by atoms with E-state index in [1.807, 2.05) is 0 Å². The lowest BCUT2D eigenvalue weighted by Gasteiger charge is -2.31. The fourth-order valence-corrected chi connectivity index (χ4v) is 2.34. The van der Waals surface area contributed by atoms with Crippen molar-refractivity contribution in [2.45, 2.75) is 44.7 Å². The number of nitrogens with one attached hydrogen (secondary N) is 2. The number of rotatable bonds is 1. The summed E-state index contributed by atoms with van der Waals surface area (Å²) in [6.07, 6.45) is 4.49. The van der Waals surface area contributed by atoms with Crippen LogP contribution in [0.1, 0.15) is 32.6 Å². The highest BCUT2D eigenvalue weighted by molar-refractivity contribution is 5.96. The minimum absolute atomic E-state index is 0.0102. The lowest BCUT2D eigenvalue weighted by molar-refractivity contribution is -0.137. The third-order valence-corrected chi connectivity index (χ3v) is 3.20. The first-order valence-corrected chi connectivity index (χ1v) is 5.29. The maximum absolute atomic E-state index is 11.6. The molecule has 4 nitrogen and oxygen atoms in total. The van der Waals surface area contributed by atoms with Gasteiger partial charge in [-0.25, -0.2) is 0 Å². The van der Waals surface area contributed by atoms with E-state index in [0.29, 0.717) is 5.92 Å². The molecule has 0 aromatic carbocycles. The van der Waals surface area contributed by atoms with Crippen molar-refractivity contribution in [1.82, 2.24) is 10.6 Å². The zero-order valence-corrected chi connectivity index (χ0v) is 8.38. The second-order valence-electron chi connectivity index (χ2n) is 4.26. The number of hydrogen-bond acceptors (Lipinski definition) is 2. The molecule has 1 saturated heterocycles. The molecule has 0 bridgehead atoms. The average Bonchev–Trinajstić information content (AvgIpc) is 2.64. The lowest BCUT2D eigenvalue weighted by atomic mass is 9.95. The van der Waals surface area contributed by atoms with Crippen molar-refractivity contribution in [3.63, 3.8) is 0 Å². The molecular weight excluding hydrogens is 180 g/mol. The van der Waals surface area contributed by atoms with Crippen LogP contribution in [-0.2, 0) is 9.59 Å². The van der Waals surface area contributed by atoms with Crippen LogP contribution >= 0.6 is 0 Å². The molecule has 1 aliphatic heterocycles. The van der Waals surface area contributed by atoms with Gasteiger partial charge in [0.25, 0.3) is 0 Å². The maximum Gasteiger partial charge on any atom is 0.243 e. The summed E-state index contributed by atoms with van der Waals surface area (Å²) in [5.41, 5.74) is 0. The molecule has 2 fully saturated rings. The number of piperazine rings is 1. The summed E-state index contributed by atoms with van der Waals surface area (Å²) < 4.78 is 0. The van der Waals surface area contributed by atoms with Crippen molar-refractivity contribution < 1.29 is 9.59 Å². The Kier molecular flexibility index (Phi) is 2.44. The van der Waals surface area contributed by atoms with Crippen molar-refractivity contribution >= 4 is 11.8 Å². The van der Waals surface area contributed by atoms with Crippen LogP contribution in [0.3, 0.4) is 0 Å². The molecule has 2 unspecified atom stereocenters. The van der Waals surface area contributed by atoms with E-state index >= 15 is 0 Å². The molecule has 0 radical (unpaired) electrons. The summed E-state index contributed by atoms with van der Waals surface area (Å²) in [6, 6.07) is -0.652. The first-order chi connectivity index (χ1) is 6.68. The third-order valence-electron chi connectivity index (χ3n) is 3.20. The van der Waals surface area contributed by atoms with E-state index in [1.54, 1.807) is 6.92 Å². The van der Waals surface area contributed by atoms with Crippen molar-refractivity contribution in [2.75, 3.05) is 0 Å². The molecule has 2 N–H and O–H groups in total. The molecule has 1 saturated carbocycles. The number of amides is 2. The van der Waals surface area contributed by atoms with Crippen LogP contribution in [0.15, 0.2) is 0 Å². The van der Waals surface area contributed by atoms with Gasteiger partial charge in [-0.2, -0.15) is 0 Å². The first-order valence-electron chi connectivity index (χ1n) is 5.29. The summed E-state index contributed by atoms with van der Waals surface area (Å²) in [4.78, 5) is 23.0. The van der Waals surface area contributed by atoms with Gasteiger partial charge in [0.05, 0.1) is 0 Å². The predicted octanol–water partition coefficient (Wildman–Crippen LogP) is 0.180. The van der Waals surface area contributed by atoms with E-state index < -0.39 is 0 Å². The van der Waals surface area contributed by atoms with Gasteiger partial charge >= 0.3 is 0 Å². The maximum atomic E-state index is 11.6. The number of hydrogen-bond donors (Lipinski definition) is 2. The smallest absolute Gasteiger partial charge is 0.243 e. The zero-order chi connectivity index (χ0) is 10.1. The summed E-state index contributed by atoms with van der Waals surface area (Å²) >= 11 is 0. The fourth-order valence-electron chi connectivity index (χ4n) is 2.34. The van der Waals surface area contributed by atoms with Gasteiger partial charge in [-0.15, -0.1) is 0 Å². The topological polar surface area (TPSA) is 58.2 Å². The van der Waals surface area contributed by atoms with Gasteiger partial charge in [-0.05, 0) is 25.7 Å². The van der Waals surface area contributed by atoms with Crippen molar-refractivity contribution in [3.8, 4) is 0 Å². The summed E-state index contributed by atoms with van der Waals surface area (Å²) in [5.74, 6) is 0.289. The Morgan fingerprint density at radius 3 is 2.36 bits per heavy atom. The fraction of sp³-hybridized carbons (Fsp3) is 0.800. The van der Waals surface area contributed by atoms with E-state index in [1.165, 1.54) is 12.8 Å². The van der Waals surface area contributed by atoms with E-state index in [4.69, 9.17) is 0 Å². The van der Waals surface area contributed by atoms with Crippen LogP contribution in [0.25, 0.3) is 0 Å². The molecule has 78 valence electrons. The Balaban J connectivity index is 2.04. The molecule has 0 aromatic rings. The van der Waals surface area contributed by atoms with Gasteiger partial charge in [-0.3, -0.25) is 9.59 Å². The lowest BCUT2D eigenvalue weighted by Crippen LogP contribution is -2.62. The van der Waals surface area contributed by atoms with Gasteiger partial charge in [-0.1, -0.05) is 12.8 Å². The van der Waals surface area contributed by atoms with Crippen LogP contribution in [0.4, 0.5) is 0 Å². The quantitative estimate of drug-likeness (QED) is 0.628. The van der Waals surface area contributed by atoms with Gasteiger partial charge in [0.1, 0.15) is 12.1 Å². The Morgan fingerprint density at radius 2 is 1.71 bits per heavy atom. The van der Waals surface area contributed by atoms with Crippen LogP contribution < -0.4 is 10.6 Å². The SMILES string of the molecule is CC1NC(=O)C(C2CCCC2)NC1=O. The van der Waals surface area contributed by atoms with Gasteiger partial charge in [0.2, 0.25) is 11.8 Å². The Bertz CT molecular complexity index is 259. The molecule has 0 spiro atoms. The zero-order valence-electron chi connectivity index (χ0n) is 8.38. The molecule has 2 rings (SSSR count). The predicted molar refractivity (Wildman–Crippen MR) is 51.5 cm³/mol. The normalized spacial score (nSPS) is 34.1. The molecule has 2 atom stereocenters. The van der Waals surface area contributed by atoms with Gasteiger partial charge < -0.3 is 10.6 Å². The largest absolute Gasteiger partial charge is 0.343 e. The second kappa shape index (κ2) is 3.59. The molecule has 1 aliphatic carbocycles. The van der Waals surface area contributed by atoms with E-state index in [-0.39, 0.29) is 23.9 Å². The molecule has 14 heavy (non-hydrogen) atoms. The highest BCUT2D eigenvalue weighted by Gasteiger charge is 2.37. The minimum Gasteiger partial charge on any atom is -0.343 e. The van der Waals surface area contributed by atoms with Crippen LogP contribution in [0.5, 0.6) is 0 Å². The summed E-state index contributed by atoms with van der Waals surface area (Å²) in [7, 11) is 0. The monoisotopic (exact) mass is 196 g/mol. The standard InChI is InChI=1S/C10H16N2O2/c1-6-9(13)12-8(10(14)11-6)7-4-2-3-5-7/h6-8H,2-5H2,1H3,(H,11,14)(H,12,13). The van der Waals surface area contributed by atoms with E-state index in [0.717, 1.165) is 12.8 Å². The molecule has 1 heterocycles. The number of carbonyl (C=O) groups excluding carboxylic acids is 2. The first kappa shape index (κ1) is 9.49. The number of carbonyl (C=O) groups is 2. The van der Waals surface area contributed by atoms with Crippen molar-refractivity contribution in [3.05, 3.63) is 0 Å². The molecule has 0 aromatic heterocycles. The van der Waals surface area contributed by atoms with Crippen molar-refractivity contribution in [2.24, 2.45) is 5.92 Å². The Hall–Kier alpha value is -1.06. The molecular formula is C10H16N2O2. The Morgan fingerprint density at radius 1 is 1.07 bits per heavy atom. The Labute approximate surface area is 83.4 Å². The van der Waals surface area contributed by atoms with Crippen molar-refractivity contribution in [1.29, 1.82) is 0 Å². The third kappa shape index (κ3) is 1.61. The summed E-state index contributed by atoms with van der Waals surface area (Å²) in [6.45, 7) is 1.71. The van der Waals surface area contributed by atoms with E-state index in [2.05, 4.69) is 10.6 Å². The van der Waals surface area contributed by atoms with Crippen LogP contribution in [-0.4, -0.2) is 23.9 Å². The summed E-state index contributed by atoms with van der Waals surface area (Å²) in [5, 5.41) is 5.51. The van der Waals surface area contributed by atoms with Gasteiger partial charge in [0, 0.05) is 0 Å². The van der Waals surface area contributed by atoms with E-state index in [9.17, 15) is 9.59 Å². The molecule has 4 heteroatoms. The second-order valence-corrected chi connectivity index (χ2v) is 4.26. The highest BCUT2D eigenvalue weighted by Crippen LogP contribution is 2.28. The van der Waals surface area contributed by atoms with Gasteiger partial charge in [0.15, 0.2) is 0 Å². The molecule has 2 amide bonds. The highest BCUT2D eigenvalue weighted by atomic mass is 16.2.